The van der Waals surface area contributed by atoms with E-state index in [0.29, 0.717) is 18.2 Å². The second kappa shape index (κ2) is 5.40. The fraction of sp³-hybridized carbons (Fsp3) is 0.636. The molecule has 23 heavy (non-hydrogen) atoms. The van der Waals surface area contributed by atoms with Crippen molar-refractivity contribution < 1.29 is 23.4 Å². The fourth-order valence-electron chi connectivity index (χ4n) is 3.07. The number of ether oxygens (including phenoxy) is 2. The monoisotopic (exact) mass is 341 g/mol. The summed E-state index contributed by atoms with van der Waals surface area (Å²) in [6.45, 7) is 0.445. The quantitative estimate of drug-likeness (QED) is 0.457. The van der Waals surface area contributed by atoms with Crippen LogP contribution in [0, 0.1) is 0 Å². The van der Waals surface area contributed by atoms with Crippen molar-refractivity contribution >= 4 is 26.9 Å². The zero-order chi connectivity index (χ0) is 16.2. The molecule has 4 heterocycles. The fourth-order valence-corrected chi connectivity index (χ4v) is 4.10. The summed E-state index contributed by atoms with van der Waals surface area (Å²) in [5.41, 5.74) is 0.115. The van der Waals surface area contributed by atoms with Gasteiger partial charge in [-0.2, -0.15) is 9.05 Å². The molecule has 0 spiro atoms. The van der Waals surface area contributed by atoms with E-state index in [1.165, 1.54) is 13.4 Å². The summed E-state index contributed by atoms with van der Waals surface area (Å²) >= 11 is 0. The minimum absolute atomic E-state index is 0.110. The number of nitrogens with zero attached hydrogens (tertiary/aromatic N) is 2. The Hall–Kier alpha value is -1.23. The van der Waals surface area contributed by atoms with Crippen LogP contribution in [-0.4, -0.2) is 67.4 Å². The van der Waals surface area contributed by atoms with E-state index in [2.05, 4.69) is 15.3 Å². The molecule has 122 valence electrons. The zero-order valence-electron chi connectivity index (χ0n) is 12.2. The Balaban J connectivity index is 1.64. The molecule has 1 aromatic rings. The van der Waals surface area contributed by atoms with E-state index in [1.54, 1.807) is 4.90 Å². The summed E-state index contributed by atoms with van der Waals surface area (Å²) < 4.78 is 22.0. The molecule has 4 rings (SSSR count). The number of anilines is 2. The van der Waals surface area contributed by atoms with Crippen molar-refractivity contribution in [2.24, 2.45) is 0 Å². The normalized spacial score (nSPS) is 39.0. The third-order valence-corrected chi connectivity index (χ3v) is 5.16. The Morgan fingerprint density at radius 2 is 2.43 bits per heavy atom. The van der Waals surface area contributed by atoms with Gasteiger partial charge in [0.2, 0.25) is 0 Å². The molecule has 0 bridgehead atoms. The lowest BCUT2D eigenvalue weighted by Gasteiger charge is -2.30. The lowest BCUT2D eigenvalue weighted by molar-refractivity contribution is -0.0451. The third-order valence-electron chi connectivity index (χ3n) is 4.09. The Morgan fingerprint density at radius 1 is 1.61 bits per heavy atom. The van der Waals surface area contributed by atoms with Crippen LogP contribution in [-0.2, 0) is 18.5 Å². The van der Waals surface area contributed by atoms with Crippen molar-refractivity contribution in [2.75, 3.05) is 30.6 Å². The molecule has 0 amide bonds. The van der Waals surface area contributed by atoms with Crippen LogP contribution in [0.1, 0.15) is 0 Å². The number of methoxy groups -OCH3 is 1. The first-order chi connectivity index (χ1) is 11.0. The van der Waals surface area contributed by atoms with Gasteiger partial charge in [0.05, 0.1) is 13.0 Å². The molecule has 2 radical (unpaired) electrons. The van der Waals surface area contributed by atoms with Gasteiger partial charge < -0.3 is 24.7 Å². The molecule has 3 aliphatic heterocycles. The van der Waals surface area contributed by atoms with Gasteiger partial charge in [-0.1, -0.05) is 0 Å². The van der Waals surface area contributed by atoms with Crippen LogP contribution >= 0.6 is 7.82 Å². The maximum absolute atomic E-state index is 11.8. The van der Waals surface area contributed by atoms with Gasteiger partial charge in [-0.25, -0.2) is 9.88 Å². The van der Waals surface area contributed by atoms with Crippen molar-refractivity contribution in [2.45, 2.75) is 24.5 Å². The van der Waals surface area contributed by atoms with E-state index >= 15 is 0 Å². The second-order valence-electron chi connectivity index (χ2n) is 5.43. The standard InChI is InChI=1S/C11H15BN4O6P/c1-19-8-7-5(2-20-23(12,18)22-7)21-11(8)16-4-15-6-9(16)13-3-14-10(6)17/h3,5,7-8,11,15,18H,2,4H2,1H3,(H,13,14,17)/q+1/t5?,7-,8?,11?,23?/m1/s1. The first-order valence-electron chi connectivity index (χ1n) is 7.00. The maximum atomic E-state index is 11.8. The largest absolute Gasteiger partial charge is 0.488 e. The number of aromatic nitrogens is 2. The number of fused-ring (bicyclic) bond motifs is 2. The number of hydrogen-bond donors (Lipinski definition) is 3. The molecule has 2 fully saturated rings. The molecule has 3 aliphatic rings. The molecule has 5 atom stereocenters. The van der Waals surface area contributed by atoms with Gasteiger partial charge in [-0.15, -0.1) is 0 Å². The molecular weight excluding hydrogens is 326 g/mol. The van der Waals surface area contributed by atoms with Gasteiger partial charge in [0.1, 0.15) is 24.5 Å². The summed E-state index contributed by atoms with van der Waals surface area (Å²) in [5.74, 6) is 0.471. The van der Waals surface area contributed by atoms with E-state index in [-0.39, 0.29) is 12.2 Å². The van der Waals surface area contributed by atoms with Gasteiger partial charge >= 0.3 is 15.4 Å². The van der Waals surface area contributed by atoms with Gasteiger partial charge in [0, 0.05) is 7.11 Å². The van der Waals surface area contributed by atoms with Crippen LogP contribution in [0.3, 0.4) is 0 Å². The molecule has 1 aromatic heterocycles. The first kappa shape index (κ1) is 15.3. The molecule has 0 aliphatic carbocycles. The lowest BCUT2D eigenvalue weighted by atomic mass is 10.1. The van der Waals surface area contributed by atoms with Crippen molar-refractivity contribution in [3.8, 4) is 0 Å². The molecule has 0 aromatic carbocycles. The lowest BCUT2D eigenvalue weighted by Crippen LogP contribution is -2.46. The van der Waals surface area contributed by atoms with Crippen LogP contribution in [0.2, 0.25) is 0 Å². The summed E-state index contributed by atoms with van der Waals surface area (Å²) in [6, 6.07) is 0. The van der Waals surface area contributed by atoms with Crippen LogP contribution in [0.4, 0.5) is 11.5 Å². The average molecular weight is 341 g/mol. The van der Waals surface area contributed by atoms with E-state index in [1.807, 2.05) is 0 Å². The predicted octanol–water partition coefficient (Wildman–Crippen LogP) is -1.05. The van der Waals surface area contributed by atoms with E-state index in [9.17, 15) is 9.69 Å². The SMILES string of the molecule is [B][P+]1(O)OCC2OC(N3CNc4c3nc[nH]c4=O)C(OC)[C@@H]2O1. The van der Waals surface area contributed by atoms with Crippen molar-refractivity contribution in [3.63, 3.8) is 0 Å². The first-order valence-corrected chi connectivity index (χ1v) is 8.64. The minimum atomic E-state index is -3.35. The highest BCUT2D eigenvalue weighted by atomic mass is 31.2. The highest BCUT2D eigenvalue weighted by Crippen LogP contribution is 2.58. The van der Waals surface area contributed by atoms with Crippen LogP contribution in [0.5, 0.6) is 0 Å². The summed E-state index contributed by atoms with van der Waals surface area (Å²) in [6.07, 6.45) is -0.741. The van der Waals surface area contributed by atoms with Gasteiger partial charge in [-0.05, 0) is 0 Å². The number of hydrogen-bond acceptors (Lipinski definition) is 9. The average Bonchev–Trinajstić information content (AvgIpc) is 3.07. The van der Waals surface area contributed by atoms with Gasteiger partial charge in [-0.3, -0.25) is 4.79 Å². The Kier molecular flexibility index (Phi) is 3.60. The zero-order valence-corrected chi connectivity index (χ0v) is 13.1. The molecule has 3 N–H and O–H groups in total. The van der Waals surface area contributed by atoms with Crippen molar-refractivity contribution in [1.82, 2.24) is 9.97 Å². The van der Waals surface area contributed by atoms with Crippen LogP contribution in [0.15, 0.2) is 11.1 Å². The Bertz CT molecular complexity index is 674. The number of rotatable bonds is 2. The number of nitrogens with one attached hydrogen (secondary N) is 2. The maximum Gasteiger partial charge on any atom is 0.488 e. The number of H-pyrrole nitrogens is 1. The third kappa shape index (κ3) is 2.44. The molecule has 2 saturated heterocycles. The van der Waals surface area contributed by atoms with Crippen LogP contribution in [0.25, 0.3) is 0 Å². The van der Waals surface area contributed by atoms with Crippen molar-refractivity contribution in [3.05, 3.63) is 16.7 Å². The highest BCUT2D eigenvalue weighted by molar-refractivity contribution is 7.85. The van der Waals surface area contributed by atoms with E-state index in [4.69, 9.17) is 26.1 Å². The van der Waals surface area contributed by atoms with Gasteiger partial charge in [0.15, 0.2) is 18.1 Å². The Morgan fingerprint density at radius 3 is 3.22 bits per heavy atom. The smallest absolute Gasteiger partial charge is 0.374 e. The molecular formula is C11H15BN4O6P+. The molecule has 0 saturated carbocycles. The molecule has 12 heteroatoms. The second-order valence-corrected chi connectivity index (χ2v) is 7.03. The van der Waals surface area contributed by atoms with E-state index in [0.717, 1.165) is 0 Å². The summed E-state index contributed by atoms with van der Waals surface area (Å²) in [7, 11) is 3.74. The molecule has 4 unspecified atom stereocenters. The summed E-state index contributed by atoms with van der Waals surface area (Å²) in [5, 5.41) is 2.98. The summed E-state index contributed by atoms with van der Waals surface area (Å²) in [4.78, 5) is 30.1. The predicted molar refractivity (Wildman–Crippen MR) is 81.0 cm³/mol. The Labute approximate surface area is 133 Å². The minimum Gasteiger partial charge on any atom is -0.374 e. The highest BCUT2D eigenvalue weighted by Gasteiger charge is 2.58. The van der Waals surface area contributed by atoms with Crippen molar-refractivity contribution in [1.29, 1.82) is 0 Å². The van der Waals surface area contributed by atoms with Crippen LogP contribution < -0.4 is 15.8 Å². The van der Waals surface area contributed by atoms with Gasteiger partial charge in [0.25, 0.3) is 5.56 Å². The molecule has 10 nitrogen and oxygen atoms in total. The topological polar surface area (TPSA) is 118 Å². The van der Waals surface area contributed by atoms with E-state index < -0.39 is 32.4 Å². The number of aromatic amines is 1.